The number of benzene rings is 1. The molecule has 1 rings (SSSR count). The Morgan fingerprint density at radius 3 is 2.44 bits per heavy atom. The number of halogens is 1. The number of anilines is 1. The van der Waals surface area contributed by atoms with Crippen molar-refractivity contribution in [3.63, 3.8) is 0 Å². The Kier molecular flexibility index (Phi) is 4.78. The molecule has 1 atom stereocenters. The summed E-state index contributed by atoms with van der Waals surface area (Å²) in [7, 11) is 0. The van der Waals surface area contributed by atoms with E-state index in [4.69, 9.17) is 5.26 Å². The van der Waals surface area contributed by atoms with Crippen LogP contribution < -0.4 is 5.32 Å². The monoisotopic (exact) mass is 220 g/mol. The van der Waals surface area contributed by atoms with Crippen LogP contribution in [0.4, 0.5) is 10.1 Å². The van der Waals surface area contributed by atoms with Crippen molar-refractivity contribution in [3.05, 3.63) is 30.1 Å². The molecule has 0 saturated carbocycles. The van der Waals surface area contributed by atoms with Gasteiger partial charge in [0.1, 0.15) is 11.9 Å². The molecule has 0 fully saturated rings. The van der Waals surface area contributed by atoms with Gasteiger partial charge >= 0.3 is 0 Å². The van der Waals surface area contributed by atoms with Crippen LogP contribution in [0.2, 0.25) is 0 Å². The number of para-hydroxylation sites is 1. The second-order valence-electron chi connectivity index (χ2n) is 3.81. The molecule has 0 aliphatic heterocycles. The molecular weight excluding hydrogens is 203 g/mol. The number of nitriles is 1. The Balaban J connectivity index is 2.79. The quantitative estimate of drug-likeness (QED) is 0.823. The zero-order chi connectivity index (χ0) is 12.0. The van der Waals surface area contributed by atoms with Gasteiger partial charge in [-0.3, -0.25) is 0 Å². The maximum Gasteiger partial charge on any atom is 0.146 e. The van der Waals surface area contributed by atoms with Crippen LogP contribution in [-0.4, -0.2) is 6.04 Å². The predicted octanol–water partition coefficient (Wildman–Crippen LogP) is 3.57. The molecule has 86 valence electrons. The highest BCUT2D eigenvalue weighted by Crippen LogP contribution is 2.19. The third-order valence-corrected chi connectivity index (χ3v) is 2.84. The fourth-order valence-corrected chi connectivity index (χ4v) is 1.76. The smallest absolute Gasteiger partial charge is 0.146 e. The Bertz CT molecular complexity index is 366. The molecule has 1 N–H and O–H groups in total. The van der Waals surface area contributed by atoms with Crippen molar-refractivity contribution in [2.75, 3.05) is 5.32 Å². The fraction of sp³-hybridized carbons (Fsp3) is 0.462. The van der Waals surface area contributed by atoms with Gasteiger partial charge in [0.2, 0.25) is 0 Å². The van der Waals surface area contributed by atoms with Crippen molar-refractivity contribution < 1.29 is 4.39 Å². The first-order chi connectivity index (χ1) is 7.72. The van der Waals surface area contributed by atoms with Gasteiger partial charge in [-0.25, -0.2) is 4.39 Å². The lowest BCUT2D eigenvalue weighted by Gasteiger charge is -2.21. The van der Waals surface area contributed by atoms with Crippen LogP contribution in [0.5, 0.6) is 0 Å². The Morgan fingerprint density at radius 2 is 1.94 bits per heavy atom. The summed E-state index contributed by atoms with van der Waals surface area (Å²) >= 11 is 0. The maximum atomic E-state index is 13.4. The van der Waals surface area contributed by atoms with Gasteiger partial charge in [-0.2, -0.15) is 5.26 Å². The molecule has 0 bridgehead atoms. The molecular formula is C13H17FN2. The van der Waals surface area contributed by atoms with Gasteiger partial charge in [-0.1, -0.05) is 38.8 Å². The highest BCUT2D eigenvalue weighted by atomic mass is 19.1. The van der Waals surface area contributed by atoms with E-state index in [1.165, 1.54) is 6.07 Å². The third kappa shape index (κ3) is 2.96. The number of nitrogens with zero attached hydrogens (tertiary/aromatic N) is 1. The molecule has 0 saturated heterocycles. The lowest BCUT2D eigenvalue weighted by molar-refractivity contribution is 0.467. The largest absolute Gasteiger partial charge is 0.367 e. The standard InChI is InChI=1S/C13H17FN2/c1-3-10(4-2)13(9-15)16-12-8-6-5-7-11(12)14/h5-8,10,13,16H,3-4H2,1-2H3. The van der Waals surface area contributed by atoms with Crippen LogP contribution in [0.3, 0.4) is 0 Å². The summed E-state index contributed by atoms with van der Waals surface area (Å²) in [5.74, 6) is -0.0571. The number of nitrogens with one attached hydrogen (secondary N) is 1. The zero-order valence-electron chi connectivity index (χ0n) is 9.70. The molecule has 3 heteroatoms. The SMILES string of the molecule is CCC(CC)C(C#N)Nc1ccccc1F. The minimum Gasteiger partial charge on any atom is -0.367 e. The molecule has 0 aliphatic carbocycles. The molecule has 0 aromatic heterocycles. The van der Waals surface area contributed by atoms with E-state index in [9.17, 15) is 4.39 Å². The van der Waals surface area contributed by atoms with E-state index in [1.54, 1.807) is 18.2 Å². The van der Waals surface area contributed by atoms with Crippen molar-refractivity contribution in [2.45, 2.75) is 32.7 Å². The molecule has 0 radical (unpaired) electrons. The van der Waals surface area contributed by atoms with Crippen molar-refractivity contribution >= 4 is 5.69 Å². The minimum absolute atomic E-state index is 0.254. The van der Waals surface area contributed by atoms with Crippen LogP contribution in [0.25, 0.3) is 0 Å². The average Bonchev–Trinajstić information content (AvgIpc) is 2.31. The van der Waals surface area contributed by atoms with E-state index < -0.39 is 0 Å². The van der Waals surface area contributed by atoms with Crippen LogP contribution >= 0.6 is 0 Å². The third-order valence-electron chi connectivity index (χ3n) is 2.84. The van der Waals surface area contributed by atoms with Crippen molar-refractivity contribution in [1.82, 2.24) is 0 Å². The highest BCUT2D eigenvalue weighted by Gasteiger charge is 2.18. The summed E-state index contributed by atoms with van der Waals surface area (Å²) < 4.78 is 13.4. The number of hydrogen-bond acceptors (Lipinski definition) is 2. The molecule has 1 unspecified atom stereocenters. The maximum absolute atomic E-state index is 13.4. The Hall–Kier alpha value is -1.56. The van der Waals surface area contributed by atoms with Gasteiger partial charge < -0.3 is 5.32 Å². The lowest BCUT2D eigenvalue weighted by Crippen LogP contribution is -2.27. The topological polar surface area (TPSA) is 35.8 Å². The predicted molar refractivity (Wildman–Crippen MR) is 63.5 cm³/mol. The summed E-state index contributed by atoms with van der Waals surface area (Å²) in [6.07, 6.45) is 1.83. The Labute approximate surface area is 96.1 Å². The first-order valence-electron chi connectivity index (χ1n) is 5.63. The van der Waals surface area contributed by atoms with Gasteiger partial charge in [0, 0.05) is 0 Å². The second kappa shape index (κ2) is 6.12. The van der Waals surface area contributed by atoms with Crippen LogP contribution in [-0.2, 0) is 0 Å². The van der Waals surface area contributed by atoms with E-state index >= 15 is 0 Å². The van der Waals surface area contributed by atoms with Gasteiger partial charge in [0.25, 0.3) is 0 Å². The average molecular weight is 220 g/mol. The fourth-order valence-electron chi connectivity index (χ4n) is 1.76. The lowest BCUT2D eigenvalue weighted by atomic mass is 9.95. The van der Waals surface area contributed by atoms with Crippen molar-refractivity contribution in [3.8, 4) is 6.07 Å². The molecule has 0 amide bonds. The first kappa shape index (κ1) is 12.5. The van der Waals surface area contributed by atoms with Crippen LogP contribution in [0.1, 0.15) is 26.7 Å². The van der Waals surface area contributed by atoms with Gasteiger partial charge in [0.15, 0.2) is 0 Å². The summed E-state index contributed by atoms with van der Waals surface area (Å²) in [6.45, 7) is 4.09. The summed E-state index contributed by atoms with van der Waals surface area (Å²) in [5.41, 5.74) is 0.404. The highest BCUT2D eigenvalue weighted by molar-refractivity contribution is 5.46. The van der Waals surface area contributed by atoms with E-state index in [0.717, 1.165) is 12.8 Å². The van der Waals surface area contributed by atoms with Crippen molar-refractivity contribution in [1.29, 1.82) is 5.26 Å². The summed E-state index contributed by atoms with van der Waals surface area (Å²) in [6, 6.07) is 8.32. The van der Waals surface area contributed by atoms with E-state index in [0.29, 0.717) is 5.69 Å². The van der Waals surface area contributed by atoms with E-state index in [2.05, 4.69) is 11.4 Å². The normalized spacial score (nSPS) is 12.2. The molecule has 0 aliphatic rings. The zero-order valence-corrected chi connectivity index (χ0v) is 9.70. The van der Waals surface area contributed by atoms with E-state index in [1.807, 2.05) is 13.8 Å². The molecule has 0 spiro atoms. The Morgan fingerprint density at radius 1 is 1.31 bits per heavy atom. The van der Waals surface area contributed by atoms with Crippen LogP contribution in [0, 0.1) is 23.1 Å². The van der Waals surface area contributed by atoms with Gasteiger partial charge in [-0.15, -0.1) is 0 Å². The van der Waals surface area contributed by atoms with E-state index in [-0.39, 0.29) is 17.8 Å². The number of rotatable bonds is 5. The minimum atomic E-state index is -0.327. The van der Waals surface area contributed by atoms with Gasteiger partial charge in [-0.05, 0) is 18.1 Å². The molecule has 0 heterocycles. The molecule has 1 aromatic rings. The second-order valence-corrected chi connectivity index (χ2v) is 3.81. The summed E-state index contributed by atoms with van der Waals surface area (Å²) in [5, 5.41) is 12.0. The van der Waals surface area contributed by atoms with Crippen LogP contribution in [0.15, 0.2) is 24.3 Å². The number of hydrogen-bond donors (Lipinski definition) is 1. The van der Waals surface area contributed by atoms with Gasteiger partial charge in [0.05, 0.1) is 11.8 Å². The molecule has 1 aromatic carbocycles. The molecule has 2 nitrogen and oxygen atoms in total. The van der Waals surface area contributed by atoms with Crippen molar-refractivity contribution in [2.24, 2.45) is 5.92 Å². The molecule has 16 heavy (non-hydrogen) atoms. The first-order valence-corrected chi connectivity index (χ1v) is 5.63. The summed E-state index contributed by atoms with van der Waals surface area (Å²) in [4.78, 5) is 0.